The average molecular weight is 519 g/mol. The lowest BCUT2D eigenvalue weighted by Crippen LogP contribution is -2.35. The zero-order valence-electron chi connectivity index (χ0n) is 21.8. The van der Waals surface area contributed by atoms with E-state index in [1.807, 2.05) is 42.5 Å². The molecular weight excluding hydrogens is 488 g/mol. The molecule has 1 aliphatic carbocycles. The molecule has 8 nitrogen and oxygen atoms in total. The molecule has 3 aromatic heterocycles. The number of hydrogen-bond donors (Lipinski definition) is 3. The van der Waals surface area contributed by atoms with Crippen LogP contribution < -0.4 is 16.2 Å². The molecule has 0 bridgehead atoms. The van der Waals surface area contributed by atoms with Crippen LogP contribution in [0.2, 0.25) is 0 Å². The van der Waals surface area contributed by atoms with Crippen LogP contribution in [-0.4, -0.2) is 32.0 Å². The highest BCUT2D eigenvalue weighted by molar-refractivity contribution is 5.80. The highest BCUT2D eigenvalue weighted by Crippen LogP contribution is 2.48. The second-order valence-electron chi connectivity index (χ2n) is 10.3. The van der Waals surface area contributed by atoms with Crippen LogP contribution in [0.3, 0.4) is 0 Å². The number of carbonyl (C=O) groups excluding carboxylic acids is 1. The van der Waals surface area contributed by atoms with Crippen molar-refractivity contribution in [1.29, 1.82) is 0 Å². The Hall–Kier alpha value is -4.72. The standard InChI is InChI=1S/C31H30N6O2/c1-21-7-9-24(10-8-21)31(12-13-31)20-35-29-30(39)37(27(18-34-29)22-5-3-2-4-6-22)19-28(38)33-17-25-15-23-16-32-14-11-26(23)36-25/h2-11,14-16,18,36H,12-13,17,19-20H2,1H3,(H,33,38)(H,34,35). The lowest BCUT2D eigenvalue weighted by molar-refractivity contribution is -0.121. The number of anilines is 1. The third-order valence-electron chi connectivity index (χ3n) is 7.49. The Morgan fingerprint density at radius 1 is 1.05 bits per heavy atom. The van der Waals surface area contributed by atoms with E-state index in [1.54, 1.807) is 18.6 Å². The van der Waals surface area contributed by atoms with Crippen molar-refractivity contribution in [2.24, 2.45) is 0 Å². The number of aromatic nitrogens is 4. The van der Waals surface area contributed by atoms with Gasteiger partial charge in [0.25, 0.3) is 5.56 Å². The van der Waals surface area contributed by atoms with Crippen molar-refractivity contribution in [2.45, 2.75) is 38.3 Å². The van der Waals surface area contributed by atoms with Crippen LogP contribution in [0.15, 0.2) is 90.1 Å². The molecule has 1 aliphatic rings. The van der Waals surface area contributed by atoms with Crippen LogP contribution in [0.4, 0.5) is 5.82 Å². The minimum Gasteiger partial charge on any atom is -0.365 e. The molecule has 1 amide bonds. The molecule has 196 valence electrons. The molecule has 3 N–H and O–H groups in total. The zero-order valence-corrected chi connectivity index (χ0v) is 21.8. The molecule has 5 aromatic rings. The first-order chi connectivity index (χ1) is 19.0. The van der Waals surface area contributed by atoms with Gasteiger partial charge in [0.2, 0.25) is 5.91 Å². The fraction of sp³-hybridized carbons (Fsp3) is 0.226. The van der Waals surface area contributed by atoms with Crippen LogP contribution in [0.25, 0.3) is 22.2 Å². The second kappa shape index (κ2) is 10.2. The van der Waals surface area contributed by atoms with E-state index in [0.717, 1.165) is 35.0 Å². The number of carbonyl (C=O) groups is 1. The van der Waals surface area contributed by atoms with E-state index in [9.17, 15) is 9.59 Å². The molecule has 8 heteroatoms. The fourth-order valence-corrected chi connectivity index (χ4v) is 5.00. The number of hydrogen-bond acceptors (Lipinski definition) is 5. The third-order valence-corrected chi connectivity index (χ3v) is 7.49. The van der Waals surface area contributed by atoms with Gasteiger partial charge >= 0.3 is 0 Å². The van der Waals surface area contributed by atoms with Gasteiger partial charge in [0.1, 0.15) is 6.54 Å². The number of H-pyrrole nitrogens is 1. The fourth-order valence-electron chi connectivity index (χ4n) is 5.00. The summed E-state index contributed by atoms with van der Waals surface area (Å²) in [7, 11) is 0. The van der Waals surface area contributed by atoms with E-state index >= 15 is 0 Å². The first kappa shape index (κ1) is 24.6. The Bertz CT molecular complexity index is 1650. The van der Waals surface area contributed by atoms with E-state index in [4.69, 9.17) is 0 Å². The molecule has 6 rings (SSSR count). The molecular formula is C31H30N6O2. The summed E-state index contributed by atoms with van der Waals surface area (Å²) in [5.41, 5.74) is 5.43. The molecule has 0 radical (unpaired) electrons. The smallest absolute Gasteiger partial charge is 0.294 e. The largest absolute Gasteiger partial charge is 0.365 e. The molecule has 0 unspecified atom stereocenters. The Kier molecular flexibility index (Phi) is 6.44. The summed E-state index contributed by atoms with van der Waals surface area (Å²) in [6.07, 6.45) is 7.29. The van der Waals surface area contributed by atoms with Gasteiger partial charge < -0.3 is 15.6 Å². The predicted molar refractivity (Wildman–Crippen MR) is 152 cm³/mol. The molecule has 0 saturated heterocycles. The van der Waals surface area contributed by atoms with E-state index in [2.05, 4.69) is 56.8 Å². The van der Waals surface area contributed by atoms with Gasteiger partial charge in [0, 0.05) is 41.0 Å². The number of rotatable bonds is 9. The summed E-state index contributed by atoms with van der Waals surface area (Å²) in [6, 6.07) is 22.0. The first-order valence-electron chi connectivity index (χ1n) is 13.2. The Morgan fingerprint density at radius 2 is 1.85 bits per heavy atom. The number of benzene rings is 2. The van der Waals surface area contributed by atoms with Crippen molar-refractivity contribution in [2.75, 3.05) is 11.9 Å². The Morgan fingerprint density at radius 3 is 2.59 bits per heavy atom. The number of pyridine rings is 1. The number of amides is 1. The van der Waals surface area contributed by atoms with Gasteiger partial charge in [-0.2, -0.15) is 0 Å². The summed E-state index contributed by atoms with van der Waals surface area (Å²) in [5.74, 6) is -0.00878. The van der Waals surface area contributed by atoms with Crippen LogP contribution in [-0.2, 0) is 23.3 Å². The lowest BCUT2D eigenvalue weighted by Gasteiger charge is -2.19. The molecule has 1 fully saturated rings. The molecule has 0 spiro atoms. The van der Waals surface area contributed by atoms with Gasteiger partial charge in [-0.25, -0.2) is 4.98 Å². The van der Waals surface area contributed by atoms with Crippen molar-refractivity contribution in [1.82, 2.24) is 24.8 Å². The summed E-state index contributed by atoms with van der Waals surface area (Å²) in [6.45, 7) is 2.89. The van der Waals surface area contributed by atoms with Gasteiger partial charge in [-0.05, 0) is 43.0 Å². The second-order valence-corrected chi connectivity index (χ2v) is 10.3. The minimum atomic E-state index is -0.317. The lowest BCUT2D eigenvalue weighted by atomic mass is 9.95. The number of nitrogens with one attached hydrogen (secondary N) is 3. The van der Waals surface area contributed by atoms with Crippen molar-refractivity contribution < 1.29 is 4.79 Å². The summed E-state index contributed by atoms with van der Waals surface area (Å²) in [4.78, 5) is 38.6. The molecule has 3 heterocycles. The summed E-state index contributed by atoms with van der Waals surface area (Å²) < 4.78 is 1.50. The van der Waals surface area contributed by atoms with Gasteiger partial charge in [0.15, 0.2) is 5.82 Å². The number of fused-ring (bicyclic) bond motifs is 1. The average Bonchev–Trinajstić information content (AvgIpc) is 3.63. The maximum Gasteiger partial charge on any atom is 0.294 e. The van der Waals surface area contributed by atoms with E-state index in [0.29, 0.717) is 18.8 Å². The molecule has 2 aromatic carbocycles. The van der Waals surface area contributed by atoms with E-state index in [-0.39, 0.29) is 29.2 Å². The highest BCUT2D eigenvalue weighted by Gasteiger charge is 2.44. The maximum absolute atomic E-state index is 13.7. The van der Waals surface area contributed by atoms with Gasteiger partial charge in [-0.3, -0.25) is 19.1 Å². The van der Waals surface area contributed by atoms with Crippen molar-refractivity contribution in [3.05, 3.63) is 112 Å². The van der Waals surface area contributed by atoms with Gasteiger partial charge in [0.05, 0.1) is 18.4 Å². The molecule has 1 saturated carbocycles. The van der Waals surface area contributed by atoms with E-state index < -0.39 is 0 Å². The van der Waals surface area contributed by atoms with Crippen molar-refractivity contribution in [3.8, 4) is 11.3 Å². The zero-order chi connectivity index (χ0) is 26.8. The minimum absolute atomic E-state index is 0.0111. The van der Waals surface area contributed by atoms with Crippen LogP contribution >= 0.6 is 0 Å². The number of nitrogens with zero attached hydrogens (tertiary/aromatic N) is 3. The van der Waals surface area contributed by atoms with Crippen molar-refractivity contribution in [3.63, 3.8) is 0 Å². The summed E-state index contributed by atoms with van der Waals surface area (Å²) in [5, 5.41) is 7.22. The number of aromatic amines is 1. The molecule has 0 aliphatic heterocycles. The van der Waals surface area contributed by atoms with Crippen molar-refractivity contribution >= 4 is 22.6 Å². The first-order valence-corrected chi connectivity index (χ1v) is 13.2. The highest BCUT2D eigenvalue weighted by atomic mass is 16.2. The van der Waals surface area contributed by atoms with Gasteiger partial charge in [-0.1, -0.05) is 60.2 Å². The van der Waals surface area contributed by atoms with Crippen LogP contribution in [0, 0.1) is 6.92 Å². The third kappa shape index (κ3) is 5.18. The Balaban J connectivity index is 1.22. The summed E-state index contributed by atoms with van der Waals surface area (Å²) >= 11 is 0. The normalized spacial score (nSPS) is 13.8. The monoisotopic (exact) mass is 518 g/mol. The van der Waals surface area contributed by atoms with Crippen LogP contribution in [0.5, 0.6) is 0 Å². The maximum atomic E-state index is 13.7. The predicted octanol–water partition coefficient (Wildman–Crippen LogP) is 4.56. The Labute approximate surface area is 226 Å². The van der Waals surface area contributed by atoms with E-state index in [1.165, 1.54) is 15.7 Å². The van der Waals surface area contributed by atoms with Crippen LogP contribution in [0.1, 0.15) is 29.7 Å². The van der Waals surface area contributed by atoms with Gasteiger partial charge in [-0.15, -0.1) is 0 Å². The molecule has 39 heavy (non-hydrogen) atoms. The SMILES string of the molecule is Cc1ccc(C2(CNc3ncc(-c4ccccc4)n(CC(=O)NCc4cc5cnccc5[nH]4)c3=O)CC2)cc1. The number of aryl methyl sites for hydroxylation is 1. The quantitative estimate of drug-likeness (QED) is 0.265. The molecule has 0 atom stereocenters. The topological polar surface area (TPSA) is 105 Å².